The smallest absolute Gasteiger partial charge is 0.303 e. The molecule has 1 rings (SSSR count). The van der Waals surface area contributed by atoms with Gasteiger partial charge in [0.15, 0.2) is 0 Å². The van der Waals surface area contributed by atoms with Gasteiger partial charge in [0.05, 0.1) is 0 Å². The number of hydrogen-bond donors (Lipinski definition) is 1. The summed E-state index contributed by atoms with van der Waals surface area (Å²) in [6.45, 7) is 3.28. The van der Waals surface area contributed by atoms with Crippen molar-refractivity contribution in [2.75, 3.05) is 11.0 Å². The number of anilines is 1. The Morgan fingerprint density at radius 1 is 1.40 bits per heavy atom. The van der Waals surface area contributed by atoms with Gasteiger partial charge in [0.25, 0.3) is 0 Å². The van der Waals surface area contributed by atoms with Crippen LogP contribution >= 0.6 is 11.9 Å². The second-order valence-electron chi connectivity index (χ2n) is 3.18. The number of hydrogen-bond acceptors (Lipinski definition) is 4. The van der Waals surface area contributed by atoms with E-state index in [1.807, 2.05) is 37.4 Å². The van der Waals surface area contributed by atoms with E-state index >= 15 is 0 Å². The third-order valence-corrected chi connectivity index (χ3v) is 2.38. The summed E-state index contributed by atoms with van der Waals surface area (Å²) in [6.07, 6.45) is 1.78. The molecule has 1 N–H and O–H groups in total. The van der Waals surface area contributed by atoms with E-state index in [9.17, 15) is 4.79 Å². The minimum absolute atomic E-state index is 0.189. The maximum Gasteiger partial charge on any atom is 0.303 e. The van der Waals surface area contributed by atoms with Gasteiger partial charge in [-0.05, 0) is 24.6 Å². The summed E-state index contributed by atoms with van der Waals surface area (Å²) >= 11 is 1.54. The molecule has 1 atom stereocenters. The predicted octanol–water partition coefficient (Wildman–Crippen LogP) is 3.00. The van der Waals surface area contributed by atoms with Crippen molar-refractivity contribution < 1.29 is 9.53 Å². The van der Waals surface area contributed by atoms with Gasteiger partial charge in [0.2, 0.25) is 0 Å². The Morgan fingerprint density at radius 3 is 2.47 bits per heavy atom. The lowest BCUT2D eigenvalue weighted by atomic mass is 10.1. The highest BCUT2D eigenvalue weighted by atomic mass is 32.2. The zero-order chi connectivity index (χ0) is 11.3. The third-order valence-electron chi connectivity index (χ3n) is 1.94. The van der Waals surface area contributed by atoms with Gasteiger partial charge in [-0.1, -0.05) is 24.1 Å². The van der Waals surface area contributed by atoms with Gasteiger partial charge in [-0.15, -0.1) is 0 Å². The quantitative estimate of drug-likeness (QED) is 0.631. The molecule has 4 heteroatoms. The molecule has 0 aliphatic rings. The van der Waals surface area contributed by atoms with Gasteiger partial charge in [0.1, 0.15) is 6.10 Å². The fourth-order valence-corrected chi connectivity index (χ4v) is 1.63. The molecule has 0 aliphatic heterocycles. The van der Waals surface area contributed by atoms with E-state index in [-0.39, 0.29) is 12.1 Å². The van der Waals surface area contributed by atoms with Gasteiger partial charge in [0, 0.05) is 18.9 Å². The summed E-state index contributed by atoms with van der Waals surface area (Å²) in [5.41, 5.74) is 2.04. The average Bonchev–Trinajstić information content (AvgIpc) is 2.18. The first-order valence-electron chi connectivity index (χ1n) is 4.69. The van der Waals surface area contributed by atoms with Gasteiger partial charge in [-0.25, -0.2) is 0 Å². The van der Waals surface area contributed by atoms with Crippen molar-refractivity contribution in [3.63, 3.8) is 0 Å². The number of rotatable bonds is 4. The van der Waals surface area contributed by atoms with Gasteiger partial charge < -0.3 is 9.46 Å². The number of carbonyl (C=O) groups excluding carboxylic acids is 1. The lowest BCUT2D eigenvalue weighted by molar-refractivity contribution is -0.145. The Morgan fingerprint density at radius 2 is 2.00 bits per heavy atom. The summed E-state index contributed by atoms with van der Waals surface area (Å²) in [5, 5.41) is 0. The van der Waals surface area contributed by atoms with Gasteiger partial charge >= 0.3 is 5.97 Å². The molecule has 0 amide bonds. The topological polar surface area (TPSA) is 38.3 Å². The number of carbonyl (C=O) groups is 1. The highest BCUT2D eigenvalue weighted by Gasteiger charge is 2.07. The summed E-state index contributed by atoms with van der Waals surface area (Å²) in [7, 11) is 0. The van der Waals surface area contributed by atoms with Crippen molar-refractivity contribution in [3.05, 3.63) is 29.8 Å². The van der Waals surface area contributed by atoms with Crippen LogP contribution in [0.5, 0.6) is 0 Å². The first-order chi connectivity index (χ1) is 7.13. The standard InChI is InChI=1S/C11H15NO2S/c1-8(14-9(2)13)10-4-6-11(7-5-10)12-15-3/h4-8,12H,1-3H3. The van der Waals surface area contributed by atoms with Crippen molar-refractivity contribution >= 4 is 23.6 Å². The summed E-state index contributed by atoms with van der Waals surface area (Å²) < 4.78 is 8.19. The molecule has 0 radical (unpaired) electrons. The van der Waals surface area contributed by atoms with Crippen LogP contribution in [0, 0.1) is 0 Å². The normalized spacial score (nSPS) is 11.9. The molecule has 0 saturated heterocycles. The fourth-order valence-electron chi connectivity index (χ4n) is 1.26. The minimum Gasteiger partial charge on any atom is -0.458 e. The molecule has 1 unspecified atom stereocenters. The highest BCUT2D eigenvalue weighted by molar-refractivity contribution is 7.99. The van der Waals surface area contributed by atoms with Crippen LogP contribution < -0.4 is 4.72 Å². The first kappa shape index (κ1) is 11.9. The van der Waals surface area contributed by atoms with Crippen molar-refractivity contribution in [1.82, 2.24) is 0 Å². The monoisotopic (exact) mass is 225 g/mol. The first-order valence-corrected chi connectivity index (χ1v) is 5.92. The molecule has 0 fully saturated rings. The maximum atomic E-state index is 10.8. The number of esters is 1. The third kappa shape index (κ3) is 3.83. The lowest BCUT2D eigenvalue weighted by Gasteiger charge is -2.12. The molecular formula is C11H15NO2S. The van der Waals surface area contributed by atoms with Crippen LogP contribution in [0.25, 0.3) is 0 Å². The Bertz CT molecular complexity index is 324. The summed E-state index contributed by atoms with van der Waals surface area (Å²) in [6, 6.07) is 7.83. The highest BCUT2D eigenvalue weighted by Crippen LogP contribution is 2.20. The van der Waals surface area contributed by atoms with Crippen LogP contribution in [-0.4, -0.2) is 12.2 Å². The molecule has 0 spiro atoms. The fraction of sp³-hybridized carbons (Fsp3) is 0.364. The van der Waals surface area contributed by atoms with Crippen LogP contribution in [0.2, 0.25) is 0 Å². The molecular weight excluding hydrogens is 210 g/mol. The molecule has 15 heavy (non-hydrogen) atoms. The van der Waals surface area contributed by atoms with E-state index in [1.54, 1.807) is 11.9 Å². The van der Waals surface area contributed by atoms with Crippen molar-refractivity contribution in [1.29, 1.82) is 0 Å². The van der Waals surface area contributed by atoms with E-state index in [1.165, 1.54) is 6.92 Å². The van der Waals surface area contributed by atoms with Crippen molar-refractivity contribution in [3.8, 4) is 0 Å². The SMILES string of the molecule is CSNc1ccc(C(C)OC(C)=O)cc1. The molecule has 0 saturated carbocycles. The lowest BCUT2D eigenvalue weighted by Crippen LogP contribution is -2.04. The number of benzene rings is 1. The average molecular weight is 225 g/mol. The molecule has 1 aromatic carbocycles. The molecule has 1 aromatic rings. The summed E-state index contributed by atoms with van der Waals surface area (Å²) in [4.78, 5) is 10.8. The Labute approximate surface area is 94.3 Å². The van der Waals surface area contributed by atoms with Gasteiger partial charge in [-0.3, -0.25) is 4.79 Å². The van der Waals surface area contributed by atoms with E-state index in [4.69, 9.17) is 4.74 Å². The molecule has 82 valence electrons. The number of nitrogens with one attached hydrogen (secondary N) is 1. The van der Waals surface area contributed by atoms with Crippen LogP contribution in [0.3, 0.4) is 0 Å². The maximum absolute atomic E-state index is 10.8. The van der Waals surface area contributed by atoms with Crippen molar-refractivity contribution in [2.45, 2.75) is 20.0 Å². The van der Waals surface area contributed by atoms with E-state index < -0.39 is 0 Å². The largest absolute Gasteiger partial charge is 0.458 e. The Balaban J connectivity index is 2.66. The van der Waals surface area contributed by atoms with Gasteiger partial charge in [-0.2, -0.15) is 0 Å². The van der Waals surface area contributed by atoms with Crippen LogP contribution in [0.15, 0.2) is 24.3 Å². The minimum atomic E-state index is -0.256. The zero-order valence-electron chi connectivity index (χ0n) is 9.11. The second-order valence-corrected chi connectivity index (χ2v) is 3.79. The number of ether oxygens (including phenoxy) is 1. The molecule has 0 aromatic heterocycles. The second kappa shape index (κ2) is 5.66. The Hall–Kier alpha value is -1.16. The predicted molar refractivity (Wildman–Crippen MR) is 63.8 cm³/mol. The molecule has 0 heterocycles. The summed E-state index contributed by atoms with van der Waals surface area (Å²) in [5.74, 6) is -0.256. The van der Waals surface area contributed by atoms with Crippen LogP contribution in [-0.2, 0) is 9.53 Å². The molecule has 3 nitrogen and oxygen atoms in total. The molecule has 0 bridgehead atoms. The van der Waals surface area contributed by atoms with Crippen molar-refractivity contribution in [2.24, 2.45) is 0 Å². The van der Waals surface area contributed by atoms with E-state index in [0.29, 0.717) is 0 Å². The Kier molecular flexibility index (Phi) is 4.49. The molecule has 0 aliphatic carbocycles. The zero-order valence-corrected chi connectivity index (χ0v) is 9.93. The van der Waals surface area contributed by atoms with Crippen LogP contribution in [0.1, 0.15) is 25.5 Å². The van der Waals surface area contributed by atoms with E-state index in [0.717, 1.165) is 11.3 Å². The van der Waals surface area contributed by atoms with E-state index in [2.05, 4.69) is 4.72 Å². The van der Waals surface area contributed by atoms with Crippen LogP contribution in [0.4, 0.5) is 5.69 Å².